The van der Waals surface area contributed by atoms with Crippen molar-refractivity contribution in [2.24, 2.45) is 0 Å². The van der Waals surface area contributed by atoms with Crippen LogP contribution in [0.1, 0.15) is 43.7 Å². The number of carbonyl (C=O) groups excluding carboxylic acids is 2. The van der Waals surface area contributed by atoms with E-state index in [1.807, 2.05) is 13.0 Å². The van der Waals surface area contributed by atoms with Gasteiger partial charge in [-0.15, -0.1) is 0 Å². The minimum Gasteiger partial charge on any atom is -0.495 e. The zero-order valence-corrected chi connectivity index (χ0v) is 22.7. The average molecular weight is 536 g/mol. The predicted molar refractivity (Wildman–Crippen MR) is 142 cm³/mol. The van der Waals surface area contributed by atoms with Gasteiger partial charge < -0.3 is 15.0 Å². The second kappa shape index (κ2) is 12.0. The Bertz CT molecular complexity index is 1200. The van der Waals surface area contributed by atoms with E-state index in [0.29, 0.717) is 10.8 Å². The molecule has 1 saturated carbocycles. The fourth-order valence-corrected chi connectivity index (χ4v) is 5.45. The number of halogens is 1. The maximum atomic E-state index is 13.7. The average Bonchev–Trinajstić information content (AvgIpc) is 3.32. The normalized spacial score (nSPS) is 14.8. The molecule has 0 bridgehead atoms. The molecule has 0 unspecified atom stereocenters. The van der Waals surface area contributed by atoms with Crippen molar-refractivity contribution < 1.29 is 22.7 Å². The Morgan fingerprint density at radius 2 is 1.86 bits per heavy atom. The van der Waals surface area contributed by atoms with Gasteiger partial charge in [-0.3, -0.25) is 13.9 Å². The van der Waals surface area contributed by atoms with E-state index in [4.69, 9.17) is 16.3 Å². The maximum absolute atomic E-state index is 13.7. The van der Waals surface area contributed by atoms with Crippen molar-refractivity contribution in [3.05, 3.63) is 58.6 Å². The van der Waals surface area contributed by atoms with Gasteiger partial charge in [0.25, 0.3) is 0 Å². The lowest BCUT2D eigenvalue weighted by molar-refractivity contribution is -0.139. The lowest BCUT2D eigenvalue weighted by atomic mass is 10.1. The van der Waals surface area contributed by atoms with E-state index in [2.05, 4.69) is 5.32 Å². The van der Waals surface area contributed by atoms with Gasteiger partial charge in [0.2, 0.25) is 21.8 Å². The van der Waals surface area contributed by atoms with Gasteiger partial charge in [-0.25, -0.2) is 8.42 Å². The number of methoxy groups -OCH3 is 1. The van der Waals surface area contributed by atoms with Gasteiger partial charge in [0, 0.05) is 17.6 Å². The van der Waals surface area contributed by atoms with Gasteiger partial charge in [0.15, 0.2) is 0 Å². The number of rotatable bonds is 10. The zero-order valence-electron chi connectivity index (χ0n) is 21.2. The number of ether oxygens (including phenoxy) is 1. The molecule has 2 amide bonds. The van der Waals surface area contributed by atoms with Crippen molar-refractivity contribution in [1.29, 1.82) is 0 Å². The molecule has 1 aliphatic rings. The molecule has 0 spiro atoms. The minimum absolute atomic E-state index is 0.0899. The molecule has 1 atom stereocenters. The van der Waals surface area contributed by atoms with Crippen LogP contribution in [0.4, 0.5) is 5.69 Å². The number of anilines is 1. The lowest BCUT2D eigenvalue weighted by Crippen LogP contribution is -2.52. The fraction of sp³-hybridized carbons (Fsp3) is 0.462. The van der Waals surface area contributed by atoms with E-state index >= 15 is 0 Å². The van der Waals surface area contributed by atoms with E-state index in [0.717, 1.165) is 47.4 Å². The first kappa shape index (κ1) is 27.8. The Balaban J connectivity index is 1.93. The maximum Gasteiger partial charge on any atom is 0.244 e. The Hall–Kier alpha value is -2.78. The fourth-order valence-electron chi connectivity index (χ4n) is 4.40. The highest BCUT2D eigenvalue weighted by atomic mass is 35.5. The molecule has 2 aromatic rings. The van der Waals surface area contributed by atoms with Crippen LogP contribution in [0.3, 0.4) is 0 Å². The number of aryl methyl sites for hydroxylation is 1. The number of hydrogen-bond acceptors (Lipinski definition) is 5. The molecule has 0 saturated heterocycles. The summed E-state index contributed by atoms with van der Waals surface area (Å²) in [5.74, 6) is -0.457. The molecule has 0 heterocycles. The first-order chi connectivity index (χ1) is 17.0. The monoisotopic (exact) mass is 535 g/mol. The van der Waals surface area contributed by atoms with Crippen molar-refractivity contribution in [3.63, 3.8) is 0 Å². The van der Waals surface area contributed by atoms with E-state index in [1.165, 1.54) is 12.0 Å². The Morgan fingerprint density at radius 1 is 1.17 bits per heavy atom. The lowest BCUT2D eigenvalue weighted by Gasteiger charge is -2.32. The van der Waals surface area contributed by atoms with E-state index < -0.39 is 28.5 Å². The zero-order chi connectivity index (χ0) is 26.5. The van der Waals surface area contributed by atoms with E-state index in [-0.39, 0.29) is 24.2 Å². The van der Waals surface area contributed by atoms with Gasteiger partial charge in [-0.1, -0.05) is 42.6 Å². The van der Waals surface area contributed by atoms with Crippen LogP contribution in [0.2, 0.25) is 5.02 Å². The SMILES string of the molecule is COc1ccc(C)cc1N(CC(=O)N(Cc1cccc(Cl)c1)[C@H](C)C(=O)NC1CCCC1)S(C)(=O)=O. The van der Waals surface area contributed by atoms with Crippen LogP contribution >= 0.6 is 11.6 Å². The second-order valence-corrected chi connectivity index (χ2v) is 11.6. The summed E-state index contributed by atoms with van der Waals surface area (Å²) < 4.78 is 32.0. The van der Waals surface area contributed by atoms with Crippen molar-refractivity contribution in [1.82, 2.24) is 10.2 Å². The highest BCUT2D eigenvalue weighted by Crippen LogP contribution is 2.31. The van der Waals surface area contributed by atoms with Gasteiger partial charge in [-0.05, 0) is 62.1 Å². The quantitative estimate of drug-likeness (QED) is 0.498. The summed E-state index contributed by atoms with van der Waals surface area (Å²) in [6.45, 7) is 3.10. The second-order valence-electron chi connectivity index (χ2n) is 9.26. The van der Waals surface area contributed by atoms with Gasteiger partial charge in [0.05, 0.1) is 19.1 Å². The van der Waals surface area contributed by atoms with Crippen LogP contribution in [0, 0.1) is 6.92 Å². The number of nitrogens with one attached hydrogen (secondary N) is 1. The summed E-state index contributed by atoms with van der Waals surface area (Å²) in [6, 6.07) is 11.4. The molecule has 0 aliphatic heterocycles. The highest BCUT2D eigenvalue weighted by Gasteiger charge is 2.32. The number of sulfonamides is 1. The summed E-state index contributed by atoms with van der Waals surface area (Å²) in [5, 5.41) is 3.55. The third-order valence-electron chi connectivity index (χ3n) is 6.39. The molecule has 2 aromatic carbocycles. The molecule has 36 heavy (non-hydrogen) atoms. The van der Waals surface area contributed by atoms with Crippen molar-refractivity contribution >= 4 is 39.1 Å². The summed E-state index contributed by atoms with van der Waals surface area (Å²) in [7, 11) is -2.41. The number of nitrogens with zero attached hydrogens (tertiary/aromatic N) is 2. The summed E-state index contributed by atoms with van der Waals surface area (Å²) in [4.78, 5) is 28.2. The Kier molecular flexibility index (Phi) is 9.24. The predicted octanol–water partition coefficient (Wildman–Crippen LogP) is 3.90. The molecule has 0 aromatic heterocycles. The largest absolute Gasteiger partial charge is 0.495 e. The number of carbonyl (C=O) groups is 2. The highest BCUT2D eigenvalue weighted by molar-refractivity contribution is 7.92. The first-order valence-corrected chi connectivity index (χ1v) is 14.2. The third-order valence-corrected chi connectivity index (χ3v) is 7.75. The Labute approximate surface area is 218 Å². The van der Waals surface area contributed by atoms with Crippen LogP contribution in [0.5, 0.6) is 5.75 Å². The van der Waals surface area contributed by atoms with Gasteiger partial charge >= 0.3 is 0 Å². The van der Waals surface area contributed by atoms with Gasteiger partial charge in [-0.2, -0.15) is 0 Å². The van der Waals surface area contributed by atoms with Crippen LogP contribution in [0.25, 0.3) is 0 Å². The third kappa shape index (κ3) is 7.13. The smallest absolute Gasteiger partial charge is 0.244 e. The molecular weight excluding hydrogens is 502 g/mol. The summed E-state index contributed by atoms with van der Waals surface area (Å²) in [6.07, 6.45) is 4.99. The number of hydrogen-bond donors (Lipinski definition) is 1. The molecule has 196 valence electrons. The molecule has 0 radical (unpaired) electrons. The van der Waals surface area contributed by atoms with E-state index in [9.17, 15) is 18.0 Å². The molecule has 8 nitrogen and oxygen atoms in total. The summed E-state index contributed by atoms with van der Waals surface area (Å²) >= 11 is 6.15. The van der Waals surface area contributed by atoms with Crippen LogP contribution in [-0.2, 0) is 26.2 Å². The van der Waals surface area contributed by atoms with Crippen molar-refractivity contribution in [3.8, 4) is 5.75 Å². The van der Waals surface area contributed by atoms with Crippen molar-refractivity contribution in [2.45, 2.75) is 58.2 Å². The Morgan fingerprint density at radius 3 is 2.47 bits per heavy atom. The van der Waals surface area contributed by atoms with E-state index in [1.54, 1.807) is 43.3 Å². The molecule has 10 heteroatoms. The number of benzene rings is 2. The van der Waals surface area contributed by atoms with Crippen molar-refractivity contribution in [2.75, 3.05) is 24.2 Å². The minimum atomic E-state index is -3.86. The van der Waals surface area contributed by atoms with Gasteiger partial charge in [0.1, 0.15) is 18.3 Å². The molecule has 1 aliphatic carbocycles. The van der Waals surface area contributed by atoms with Crippen LogP contribution in [-0.4, -0.2) is 57.1 Å². The molecule has 1 fully saturated rings. The molecule has 3 rings (SSSR count). The summed E-state index contributed by atoms with van der Waals surface area (Å²) in [5.41, 5.74) is 1.81. The first-order valence-electron chi connectivity index (χ1n) is 12.0. The number of amides is 2. The van der Waals surface area contributed by atoms with Crippen LogP contribution < -0.4 is 14.4 Å². The molecule has 1 N–H and O–H groups in total. The standard InChI is InChI=1S/C26H34ClN3O5S/c1-18-12-13-24(35-3)23(14-18)30(36(4,33)34)17-25(31)29(16-20-8-7-9-21(27)15-20)19(2)26(32)28-22-10-5-6-11-22/h7-9,12-15,19,22H,5-6,10-11,16-17H2,1-4H3,(H,28,32)/t19-/m1/s1. The topological polar surface area (TPSA) is 96.0 Å². The van der Waals surface area contributed by atoms with Crippen LogP contribution in [0.15, 0.2) is 42.5 Å². The molecular formula is C26H34ClN3O5S.